The lowest BCUT2D eigenvalue weighted by atomic mass is 9.97. The van der Waals surface area contributed by atoms with Crippen molar-refractivity contribution in [3.8, 4) is 27.5 Å². The molecule has 2 heterocycles. The van der Waals surface area contributed by atoms with Crippen LogP contribution in [0.5, 0.6) is 0 Å². The molecule has 0 saturated heterocycles. The Labute approximate surface area is 242 Å². The van der Waals surface area contributed by atoms with E-state index < -0.39 is 18.4 Å². The lowest BCUT2D eigenvalue weighted by Crippen LogP contribution is -2.34. The van der Waals surface area contributed by atoms with Gasteiger partial charge in [-0.05, 0) is 54.5 Å². The number of carboxylic acids is 1. The molecule has 208 valence electrons. The van der Waals surface area contributed by atoms with Crippen LogP contribution in [-0.4, -0.2) is 33.1 Å². The lowest BCUT2D eigenvalue weighted by molar-refractivity contribution is -0.135. The molecule has 40 heavy (non-hydrogen) atoms. The van der Waals surface area contributed by atoms with Gasteiger partial charge >= 0.3 is 5.97 Å². The van der Waals surface area contributed by atoms with Crippen LogP contribution in [-0.2, 0) is 24.1 Å². The van der Waals surface area contributed by atoms with Gasteiger partial charge in [0.1, 0.15) is 11.6 Å². The molecule has 2 N–H and O–H groups in total. The monoisotopic (exact) mass is 577 g/mol. The van der Waals surface area contributed by atoms with Gasteiger partial charge in [-0.1, -0.05) is 69.6 Å². The van der Waals surface area contributed by atoms with Crippen LogP contribution in [0.15, 0.2) is 58.7 Å². The van der Waals surface area contributed by atoms with Crippen molar-refractivity contribution in [2.24, 2.45) is 5.92 Å². The molecule has 9 heteroatoms. The molecule has 0 spiro atoms. The number of hydrogen-bond acceptors (Lipinski definition) is 5. The number of nitrogens with one attached hydrogen (secondary N) is 1. The fraction of sp³-hybridized carbons (Fsp3) is 0.290. The largest absolute Gasteiger partial charge is 0.480 e. The van der Waals surface area contributed by atoms with Crippen LogP contribution in [0.4, 0.5) is 0 Å². The van der Waals surface area contributed by atoms with Crippen molar-refractivity contribution in [2.75, 3.05) is 6.54 Å². The van der Waals surface area contributed by atoms with Gasteiger partial charge in [0.15, 0.2) is 0 Å². The van der Waals surface area contributed by atoms with Gasteiger partial charge < -0.3 is 10.4 Å². The summed E-state index contributed by atoms with van der Waals surface area (Å²) in [7, 11) is 0. The van der Waals surface area contributed by atoms with Crippen LogP contribution in [0.25, 0.3) is 27.5 Å². The number of aromatic nitrogens is 2. The van der Waals surface area contributed by atoms with E-state index in [0.717, 1.165) is 22.4 Å². The maximum Gasteiger partial charge on any atom is 0.322 e. The highest BCUT2D eigenvalue weighted by atomic mass is 35.5. The standard InChI is InChI=1S/C31H32ClN3O4S/c1-5-19-8-7-9-20(6-2)28(19)35-26(14-18(3)4)23(29(38)33-16-27(36)37)15-24(31(35)39)30-34-25(17-40-30)21-10-12-22(32)13-11-21/h7-13,15,17-18H,5-6,14,16H2,1-4H3,(H,33,38)(H,36,37). The number of carbonyl (C=O) groups excluding carboxylic acids is 1. The number of amides is 1. The number of thiazole rings is 1. The zero-order valence-electron chi connectivity index (χ0n) is 23.0. The average Bonchev–Trinajstić information content (AvgIpc) is 3.42. The van der Waals surface area contributed by atoms with Crippen molar-refractivity contribution in [3.05, 3.63) is 91.7 Å². The second kappa shape index (κ2) is 12.6. The summed E-state index contributed by atoms with van der Waals surface area (Å²) in [6, 6.07) is 14.8. The number of carboxylic acid groups (broad SMARTS) is 1. The molecule has 0 aliphatic carbocycles. The molecule has 2 aromatic carbocycles. The molecule has 7 nitrogen and oxygen atoms in total. The predicted octanol–water partition coefficient (Wildman–Crippen LogP) is 6.42. The van der Waals surface area contributed by atoms with Crippen molar-refractivity contribution in [1.29, 1.82) is 0 Å². The summed E-state index contributed by atoms with van der Waals surface area (Å²) in [6.45, 7) is 7.59. The minimum absolute atomic E-state index is 0.123. The first-order chi connectivity index (χ1) is 19.1. The molecular formula is C31H32ClN3O4S. The van der Waals surface area contributed by atoms with E-state index in [1.165, 1.54) is 11.3 Å². The molecular weight excluding hydrogens is 546 g/mol. The molecule has 4 rings (SSSR count). The minimum Gasteiger partial charge on any atom is -0.480 e. The van der Waals surface area contributed by atoms with Crippen LogP contribution in [0.2, 0.25) is 5.02 Å². The Morgan fingerprint density at radius 3 is 2.30 bits per heavy atom. The number of rotatable bonds is 10. The van der Waals surface area contributed by atoms with Gasteiger partial charge in [0, 0.05) is 21.7 Å². The van der Waals surface area contributed by atoms with Gasteiger partial charge in [0.25, 0.3) is 11.5 Å². The Hall–Kier alpha value is -3.75. The third kappa shape index (κ3) is 6.18. The average molecular weight is 578 g/mol. The van der Waals surface area contributed by atoms with Crippen LogP contribution in [0.1, 0.15) is 54.9 Å². The van der Waals surface area contributed by atoms with Gasteiger partial charge in [-0.25, -0.2) is 4.98 Å². The number of nitrogens with zero attached hydrogens (tertiary/aromatic N) is 2. The molecule has 1 amide bonds. The number of carbonyl (C=O) groups is 2. The van der Waals surface area contributed by atoms with Crippen LogP contribution in [0.3, 0.4) is 0 Å². The Balaban J connectivity index is 2.04. The smallest absolute Gasteiger partial charge is 0.322 e. The number of benzene rings is 2. The van der Waals surface area contributed by atoms with E-state index in [2.05, 4.69) is 5.32 Å². The van der Waals surface area contributed by atoms with Gasteiger partial charge in [-0.2, -0.15) is 0 Å². The molecule has 0 radical (unpaired) electrons. The number of aryl methyl sites for hydroxylation is 2. The van der Waals surface area contributed by atoms with Gasteiger partial charge in [-0.15, -0.1) is 11.3 Å². The molecule has 0 unspecified atom stereocenters. The van der Waals surface area contributed by atoms with E-state index in [9.17, 15) is 19.5 Å². The van der Waals surface area contributed by atoms with E-state index in [1.807, 2.05) is 63.4 Å². The van der Waals surface area contributed by atoms with Gasteiger partial charge in [0.2, 0.25) is 0 Å². The second-order valence-corrected chi connectivity index (χ2v) is 11.2. The molecule has 0 aliphatic heterocycles. The third-order valence-corrected chi connectivity index (χ3v) is 7.74. The van der Waals surface area contributed by atoms with Gasteiger partial charge in [0.05, 0.1) is 22.5 Å². The van der Waals surface area contributed by atoms with E-state index in [-0.39, 0.29) is 22.6 Å². The number of para-hydroxylation sites is 1. The van der Waals surface area contributed by atoms with Crippen LogP contribution < -0.4 is 10.9 Å². The Morgan fingerprint density at radius 2 is 1.73 bits per heavy atom. The van der Waals surface area contributed by atoms with Crippen LogP contribution in [0, 0.1) is 5.92 Å². The number of halogens is 1. The number of pyridine rings is 1. The van der Waals surface area contributed by atoms with E-state index in [0.29, 0.717) is 40.7 Å². The highest BCUT2D eigenvalue weighted by molar-refractivity contribution is 7.13. The fourth-order valence-corrected chi connectivity index (χ4v) is 5.69. The van der Waals surface area contributed by atoms with E-state index in [4.69, 9.17) is 16.6 Å². The first kappa shape index (κ1) is 29.2. The highest BCUT2D eigenvalue weighted by Crippen LogP contribution is 2.31. The normalized spacial score (nSPS) is 11.2. The summed E-state index contributed by atoms with van der Waals surface area (Å²) in [5, 5.41) is 14.7. The maximum absolute atomic E-state index is 14.4. The molecule has 4 aromatic rings. The molecule has 0 aliphatic rings. The SMILES string of the molecule is CCc1cccc(CC)c1-n1c(CC(C)C)c(C(=O)NCC(=O)O)cc(-c2nc(-c3ccc(Cl)cc3)cs2)c1=O. The van der Waals surface area contributed by atoms with Crippen molar-refractivity contribution < 1.29 is 14.7 Å². The summed E-state index contributed by atoms with van der Waals surface area (Å²) < 4.78 is 1.67. The zero-order valence-corrected chi connectivity index (χ0v) is 24.5. The Bertz CT molecular complexity index is 1580. The van der Waals surface area contributed by atoms with Gasteiger partial charge in [-0.3, -0.25) is 19.0 Å². The summed E-state index contributed by atoms with van der Waals surface area (Å²) in [6.07, 6.45) is 1.83. The fourth-order valence-electron chi connectivity index (χ4n) is 4.73. The van der Waals surface area contributed by atoms with Crippen molar-refractivity contribution in [3.63, 3.8) is 0 Å². The zero-order chi connectivity index (χ0) is 29.0. The topological polar surface area (TPSA) is 101 Å². The molecule has 2 aromatic heterocycles. The quantitative estimate of drug-likeness (QED) is 0.226. The first-order valence-corrected chi connectivity index (χ1v) is 14.5. The van der Waals surface area contributed by atoms with Crippen molar-refractivity contribution >= 4 is 34.8 Å². The maximum atomic E-state index is 14.4. The summed E-state index contributed by atoms with van der Waals surface area (Å²) >= 11 is 7.37. The molecule has 0 bridgehead atoms. The van der Waals surface area contributed by atoms with E-state index in [1.54, 1.807) is 22.8 Å². The predicted molar refractivity (Wildman–Crippen MR) is 161 cm³/mol. The summed E-state index contributed by atoms with van der Waals surface area (Å²) in [4.78, 5) is 43.9. The van der Waals surface area contributed by atoms with Crippen molar-refractivity contribution in [1.82, 2.24) is 14.9 Å². The second-order valence-electron chi connectivity index (χ2n) is 9.91. The molecule has 0 saturated carbocycles. The highest BCUT2D eigenvalue weighted by Gasteiger charge is 2.26. The lowest BCUT2D eigenvalue weighted by Gasteiger charge is -2.23. The third-order valence-electron chi connectivity index (χ3n) is 6.61. The Morgan fingerprint density at radius 1 is 1.07 bits per heavy atom. The number of hydrogen-bond donors (Lipinski definition) is 2. The number of aliphatic carboxylic acids is 1. The summed E-state index contributed by atoms with van der Waals surface area (Å²) in [5.41, 5.74) is 5.13. The van der Waals surface area contributed by atoms with Crippen molar-refractivity contribution in [2.45, 2.75) is 47.0 Å². The van der Waals surface area contributed by atoms with E-state index >= 15 is 0 Å². The summed E-state index contributed by atoms with van der Waals surface area (Å²) in [5.74, 6) is -1.57. The minimum atomic E-state index is -1.15. The molecule has 0 atom stereocenters. The molecule has 0 fully saturated rings. The van der Waals surface area contributed by atoms with Crippen LogP contribution >= 0.6 is 22.9 Å². The Kier molecular flexibility index (Phi) is 9.22. The first-order valence-electron chi connectivity index (χ1n) is 13.3.